The second kappa shape index (κ2) is 11.4. The Hall–Kier alpha value is -4.16. The van der Waals surface area contributed by atoms with Crippen LogP contribution in [0.25, 0.3) is 33.4 Å². The van der Waals surface area contributed by atoms with E-state index < -0.39 is 0 Å². The van der Waals surface area contributed by atoms with Crippen molar-refractivity contribution in [2.24, 2.45) is 0 Å². The summed E-state index contributed by atoms with van der Waals surface area (Å²) in [5, 5.41) is 9.44. The smallest absolute Gasteiger partial charge is 0.203 e. The second-order valence-electron chi connectivity index (χ2n) is 12.0. The zero-order valence-corrected chi connectivity index (χ0v) is 25.8. The predicted octanol–water partition coefficient (Wildman–Crippen LogP) is 7.09. The van der Waals surface area contributed by atoms with Crippen molar-refractivity contribution in [2.75, 3.05) is 38.4 Å². The van der Waals surface area contributed by atoms with Gasteiger partial charge >= 0.3 is 0 Å². The average molecular weight is 564 g/mol. The molecule has 0 fully saturated rings. The Kier molecular flexibility index (Phi) is 7.87. The van der Waals surface area contributed by atoms with Crippen LogP contribution in [0.5, 0.6) is 0 Å². The first-order valence-electron chi connectivity index (χ1n) is 13.9. The van der Waals surface area contributed by atoms with Gasteiger partial charge in [0.1, 0.15) is 25.4 Å². The molecule has 1 heterocycles. The van der Waals surface area contributed by atoms with Gasteiger partial charge < -0.3 is 20.0 Å². The van der Waals surface area contributed by atoms with Gasteiger partial charge in [0.2, 0.25) is 5.36 Å². The van der Waals surface area contributed by atoms with E-state index in [9.17, 15) is 0 Å². The van der Waals surface area contributed by atoms with E-state index in [1.165, 1.54) is 11.1 Å². The second-order valence-corrected chi connectivity index (χ2v) is 12.4. The van der Waals surface area contributed by atoms with Crippen LogP contribution in [0.4, 0.5) is 11.4 Å². The van der Waals surface area contributed by atoms with Gasteiger partial charge in [-0.05, 0) is 64.7 Å². The lowest BCUT2D eigenvalue weighted by molar-refractivity contribution is 0.590. The van der Waals surface area contributed by atoms with Gasteiger partial charge in [-0.3, -0.25) is 0 Å². The van der Waals surface area contributed by atoms with Crippen LogP contribution in [0.3, 0.4) is 0 Å². The lowest BCUT2D eigenvalue weighted by Gasteiger charge is -2.19. The fourth-order valence-corrected chi connectivity index (χ4v) is 5.13. The van der Waals surface area contributed by atoms with Crippen LogP contribution in [0.1, 0.15) is 31.9 Å². The Morgan fingerprint density at radius 2 is 1.59 bits per heavy atom. The van der Waals surface area contributed by atoms with Crippen molar-refractivity contribution in [1.82, 2.24) is 9.89 Å². The lowest BCUT2D eigenvalue weighted by atomic mass is 9.87. The topological polar surface area (TPSA) is 43.4 Å². The summed E-state index contributed by atoms with van der Waals surface area (Å²) < 4.78 is 8.55. The maximum absolute atomic E-state index is 6.46. The summed E-state index contributed by atoms with van der Waals surface area (Å²) in [6.45, 7) is 7.35. The van der Waals surface area contributed by atoms with Crippen LogP contribution in [0.2, 0.25) is 0 Å². The normalized spacial score (nSPS) is 11.5. The van der Waals surface area contributed by atoms with Gasteiger partial charge in [-0.1, -0.05) is 57.2 Å². The molecule has 1 aliphatic carbocycles. The molecule has 5 rings (SSSR count). The SMILES string of the molecule is CN(C)c1ccc2c(-c3ccc(NC(=S)NCc4ccc(C(C)(C)C)cc4)cc3)c3ccc(=[N+](C)C)cc-3oc2c1. The summed E-state index contributed by atoms with van der Waals surface area (Å²) in [5.74, 6) is 0.859. The van der Waals surface area contributed by atoms with E-state index in [2.05, 4.69) is 126 Å². The van der Waals surface area contributed by atoms with Crippen LogP contribution in [-0.4, -0.2) is 33.3 Å². The highest BCUT2D eigenvalue weighted by Gasteiger charge is 2.19. The van der Waals surface area contributed by atoms with Gasteiger partial charge in [0.05, 0.1) is 6.07 Å². The fourth-order valence-electron chi connectivity index (χ4n) is 4.94. The molecular formula is C35H39N4OS+. The van der Waals surface area contributed by atoms with E-state index >= 15 is 0 Å². The zero-order chi connectivity index (χ0) is 29.3. The van der Waals surface area contributed by atoms with Gasteiger partial charge in [-0.15, -0.1) is 0 Å². The average Bonchev–Trinajstić information content (AvgIpc) is 2.94. The van der Waals surface area contributed by atoms with E-state index in [0.717, 1.165) is 50.2 Å². The van der Waals surface area contributed by atoms with Crippen molar-refractivity contribution in [2.45, 2.75) is 32.7 Å². The molecule has 0 bridgehead atoms. The zero-order valence-electron chi connectivity index (χ0n) is 25.0. The molecule has 2 aliphatic rings. The highest BCUT2D eigenvalue weighted by atomic mass is 32.1. The number of hydrogen-bond donors (Lipinski definition) is 2. The molecule has 0 amide bonds. The molecule has 5 nitrogen and oxygen atoms in total. The summed E-state index contributed by atoms with van der Waals surface area (Å²) >= 11 is 5.60. The Morgan fingerprint density at radius 1 is 0.878 bits per heavy atom. The molecule has 0 radical (unpaired) electrons. The predicted molar refractivity (Wildman–Crippen MR) is 178 cm³/mol. The van der Waals surface area contributed by atoms with Crippen molar-refractivity contribution in [1.29, 1.82) is 0 Å². The summed E-state index contributed by atoms with van der Waals surface area (Å²) in [6.07, 6.45) is 0. The lowest BCUT2D eigenvalue weighted by Crippen LogP contribution is -2.27. The monoisotopic (exact) mass is 563 g/mol. The van der Waals surface area contributed by atoms with Crippen molar-refractivity contribution < 1.29 is 4.42 Å². The van der Waals surface area contributed by atoms with Crippen LogP contribution < -0.4 is 25.5 Å². The summed E-state index contributed by atoms with van der Waals surface area (Å²) in [4.78, 5) is 2.09. The first kappa shape index (κ1) is 28.4. The Labute approximate surface area is 248 Å². The number of hydrogen-bond acceptors (Lipinski definition) is 3. The molecule has 6 heteroatoms. The van der Waals surface area contributed by atoms with Gasteiger partial charge in [0.25, 0.3) is 0 Å². The molecule has 41 heavy (non-hydrogen) atoms. The molecule has 210 valence electrons. The fraction of sp³-hybridized carbons (Fsp3) is 0.257. The Bertz CT molecular complexity index is 1740. The number of benzene rings is 4. The maximum atomic E-state index is 6.46. The molecule has 1 aliphatic heterocycles. The first-order chi connectivity index (χ1) is 19.5. The summed E-state index contributed by atoms with van der Waals surface area (Å²) in [6, 6.07) is 29.9. The highest BCUT2D eigenvalue weighted by molar-refractivity contribution is 7.80. The first-order valence-corrected chi connectivity index (χ1v) is 14.3. The van der Waals surface area contributed by atoms with Gasteiger partial charge in [0.15, 0.2) is 5.11 Å². The minimum absolute atomic E-state index is 0.145. The van der Waals surface area contributed by atoms with Crippen LogP contribution in [0.15, 0.2) is 89.3 Å². The van der Waals surface area contributed by atoms with Gasteiger partial charge in [0, 0.05) is 60.7 Å². The standard InChI is InChI=1S/C35H38N4OS/c1-35(2,3)25-12-8-23(9-13-25)22-36-34(41)37-26-14-10-24(11-15-26)33-29-18-16-27(38(4)5)20-31(29)40-32-21-28(39(6)7)17-19-30(32)33/h8-21H,22H2,1-7H3,(H,36,41)/p+1. The minimum atomic E-state index is 0.145. The third-order valence-electron chi connectivity index (χ3n) is 7.43. The third kappa shape index (κ3) is 6.28. The van der Waals surface area contributed by atoms with E-state index in [0.29, 0.717) is 11.7 Å². The number of nitrogens with zero attached hydrogens (tertiary/aromatic N) is 2. The molecule has 0 aromatic heterocycles. The molecule has 2 N–H and O–H groups in total. The molecule has 0 saturated carbocycles. The Balaban J connectivity index is 1.40. The van der Waals surface area contributed by atoms with Crippen LogP contribution in [0, 0.1) is 0 Å². The molecule has 0 spiro atoms. The van der Waals surface area contributed by atoms with E-state index in [1.807, 2.05) is 28.2 Å². The summed E-state index contributed by atoms with van der Waals surface area (Å²) in [7, 11) is 8.17. The Morgan fingerprint density at radius 3 is 2.22 bits per heavy atom. The van der Waals surface area contributed by atoms with E-state index in [1.54, 1.807) is 0 Å². The number of fused-ring (bicyclic) bond motifs is 2. The number of rotatable bonds is 5. The maximum Gasteiger partial charge on any atom is 0.203 e. The van der Waals surface area contributed by atoms with Crippen LogP contribution >= 0.6 is 12.2 Å². The molecule has 3 aromatic carbocycles. The highest BCUT2D eigenvalue weighted by Crippen LogP contribution is 2.41. The van der Waals surface area contributed by atoms with Gasteiger partial charge in [-0.2, -0.15) is 0 Å². The van der Waals surface area contributed by atoms with Crippen molar-refractivity contribution in [3.8, 4) is 22.5 Å². The van der Waals surface area contributed by atoms with Gasteiger partial charge in [-0.25, -0.2) is 4.58 Å². The number of thiocarbonyl (C=S) groups is 1. The van der Waals surface area contributed by atoms with E-state index in [4.69, 9.17) is 16.6 Å². The number of nitrogens with one attached hydrogen (secondary N) is 2. The van der Waals surface area contributed by atoms with Crippen molar-refractivity contribution in [3.63, 3.8) is 0 Å². The molecule has 3 aromatic rings. The summed E-state index contributed by atoms with van der Waals surface area (Å²) in [5.41, 5.74) is 8.92. The van der Waals surface area contributed by atoms with E-state index in [-0.39, 0.29) is 5.41 Å². The number of anilines is 2. The molecule has 0 unspecified atom stereocenters. The molecular weight excluding hydrogens is 524 g/mol. The largest absolute Gasteiger partial charge is 0.456 e. The molecule has 0 atom stereocenters. The minimum Gasteiger partial charge on any atom is -0.456 e. The quantitative estimate of drug-likeness (QED) is 0.136. The third-order valence-corrected chi connectivity index (χ3v) is 7.67. The molecule has 0 saturated heterocycles. The van der Waals surface area contributed by atoms with Crippen molar-refractivity contribution in [3.05, 3.63) is 101 Å². The van der Waals surface area contributed by atoms with Crippen molar-refractivity contribution >= 4 is 39.7 Å². The van der Waals surface area contributed by atoms with Crippen LogP contribution in [-0.2, 0) is 12.0 Å².